The van der Waals surface area contributed by atoms with Gasteiger partial charge in [-0.2, -0.15) is 13.2 Å². The predicted octanol–water partition coefficient (Wildman–Crippen LogP) is 3.57. The van der Waals surface area contributed by atoms with Crippen molar-refractivity contribution < 1.29 is 22.8 Å². The van der Waals surface area contributed by atoms with Crippen LogP contribution in [-0.4, -0.2) is 47.8 Å². The van der Waals surface area contributed by atoms with Crippen LogP contribution >= 0.6 is 0 Å². The van der Waals surface area contributed by atoms with Crippen LogP contribution in [0.5, 0.6) is 0 Å². The fourth-order valence-corrected chi connectivity index (χ4v) is 3.73. The molecular weight excluding hydrogens is 345 g/mol. The summed E-state index contributed by atoms with van der Waals surface area (Å²) in [6, 6.07) is 4.27. The van der Waals surface area contributed by atoms with E-state index in [0.29, 0.717) is 38.5 Å². The van der Waals surface area contributed by atoms with Crippen molar-refractivity contribution in [3.8, 4) is 0 Å². The molecule has 0 atom stereocenters. The Morgan fingerprint density at radius 3 is 2.00 bits per heavy atom. The summed E-state index contributed by atoms with van der Waals surface area (Å²) in [7, 11) is 0. The highest BCUT2D eigenvalue weighted by Crippen LogP contribution is 2.30. The molecule has 0 N–H and O–H groups in total. The zero-order chi connectivity index (χ0) is 18.7. The molecule has 26 heavy (non-hydrogen) atoms. The topological polar surface area (TPSA) is 40.6 Å². The maximum atomic E-state index is 12.6. The molecular formula is C19H23F3N2O2. The van der Waals surface area contributed by atoms with Gasteiger partial charge in [-0.1, -0.05) is 12.8 Å². The van der Waals surface area contributed by atoms with Crippen LogP contribution in [0.1, 0.15) is 48.0 Å². The number of rotatable bonds is 3. The number of carbonyl (C=O) groups is 2. The number of benzene rings is 1. The van der Waals surface area contributed by atoms with Gasteiger partial charge in [-0.05, 0) is 43.0 Å². The van der Waals surface area contributed by atoms with Crippen LogP contribution in [0.15, 0.2) is 24.3 Å². The Hall–Kier alpha value is -2.05. The molecule has 0 aromatic heterocycles. The number of amides is 2. The largest absolute Gasteiger partial charge is 0.416 e. The van der Waals surface area contributed by atoms with Gasteiger partial charge in [-0.15, -0.1) is 0 Å². The lowest BCUT2D eigenvalue weighted by molar-refractivity contribution is -0.137. The third kappa shape index (κ3) is 4.37. The fraction of sp³-hybridized carbons (Fsp3) is 0.579. The zero-order valence-electron chi connectivity index (χ0n) is 14.6. The van der Waals surface area contributed by atoms with Gasteiger partial charge in [0.2, 0.25) is 5.91 Å². The molecule has 1 heterocycles. The molecule has 0 radical (unpaired) electrons. The molecule has 0 unspecified atom stereocenters. The summed E-state index contributed by atoms with van der Waals surface area (Å²) in [5, 5.41) is 0. The van der Waals surface area contributed by atoms with Gasteiger partial charge in [0, 0.05) is 38.2 Å². The van der Waals surface area contributed by atoms with E-state index in [1.807, 2.05) is 0 Å². The highest BCUT2D eigenvalue weighted by Gasteiger charge is 2.31. The summed E-state index contributed by atoms with van der Waals surface area (Å²) < 4.78 is 37.8. The number of hydrogen-bond acceptors (Lipinski definition) is 2. The van der Waals surface area contributed by atoms with Crippen LogP contribution < -0.4 is 0 Å². The minimum atomic E-state index is -4.41. The summed E-state index contributed by atoms with van der Waals surface area (Å²) in [5.41, 5.74) is -0.528. The average Bonchev–Trinajstić information content (AvgIpc) is 3.13. The van der Waals surface area contributed by atoms with Gasteiger partial charge in [-0.25, -0.2) is 0 Å². The summed E-state index contributed by atoms with van der Waals surface area (Å²) in [4.78, 5) is 28.2. The number of piperazine rings is 1. The van der Waals surface area contributed by atoms with Gasteiger partial charge in [0.05, 0.1) is 5.56 Å². The summed E-state index contributed by atoms with van der Waals surface area (Å²) in [5.74, 6) is 0.356. The standard InChI is InChI=1S/C19H23F3N2O2/c20-19(21,22)16-7-5-15(6-8-16)18(26)24-11-9-23(10-12-24)17(25)13-14-3-1-2-4-14/h5-8,14H,1-4,9-13H2. The first kappa shape index (κ1) is 18.7. The summed E-state index contributed by atoms with van der Waals surface area (Å²) in [6.07, 6.45) is 0.830. The molecule has 3 rings (SSSR count). The average molecular weight is 368 g/mol. The highest BCUT2D eigenvalue weighted by molar-refractivity contribution is 5.94. The van der Waals surface area contributed by atoms with Gasteiger partial charge in [0.1, 0.15) is 0 Å². The molecule has 0 bridgehead atoms. The molecule has 1 aromatic rings. The van der Waals surface area contributed by atoms with Gasteiger partial charge in [0.15, 0.2) is 0 Å². The second-order valence-corrected chi connectivity index (χ2v) is 7.10. The van der Waals surface area contributed by atoms with E-state index in [1.54, 1.807) is 9.80 Å². The van der Waals surface area contributed by atoms with Crippen LogP contribution in [-0.2, 0) is 11.0 Å². The van der Waals surface area contributed by atoms with Crippen molar-refractivity contribution in [2.45, 2.75) is 38.3 Å². The number of carbonyl (C=O) groups excluding carboxylic acids is 2. The molecule has 142 valence electrons. The van der Waals surface area contributed by atoms with E-state index in [-0.39, 0.29) is 17.4 Å². The predicted molar refractivity (Wildman–Crippen MR) is 90.5 cm³/mol. The molecule has 1 aliphatic heterocycles. The Balaban J connectivity index is 1.52. The molecule has 1 aromatic carbocycles. The smallest absolute Gasteiger partial charge is 0.339 e. The summed E-state index contributed by atoms with van der Waals surface area (Å²) >= 11 is 0. The molecule has 0 spiro atoms. The Morgan fingerprint density at radius 1 is 0.923 bits per heavy atom. The monoisotopic (exact) mass is 368 g/mol. The van der Waals surface area contributed by atoms with Crippen molar-refractivity contribution in [2.75, 3.05) is 26.2 Å². The van der Waals surface area contributed by atoms with Crippen LogP contribution in [0, 0.1) is 5.92 Å². The van der Waals surface area contributed by atoms with Gasteiger partial charge < -0.3 is 9.80 Å². The van der Waals surface area contributed by atoms with Crippen molar-refractivity contribution in [3.05, 3.63) is 35.4 Å². The minimum absolute atomic E-state index is 0.151. The Kier molecular flexibility index (Phi) is 5.53. The normalized spacial score (nSPS) is 19.0. The van der Waals surface area contributed by atoms with E-state index in [0.717, 1.165) is 25.0 Å². The molecule has 2 aliphatic rings. The SMILES string of the molecule is O=C(CC1CCCC1)N1CCN(C(=O)c2ccc(C(F)(F)F)cc2)CC1. The van der Waals surface area contributed by atoms with Crippen molar-refractivity contribution in [3.63, 3.8) is 0 Å². The van der Waals surface area contributed by atoms with Crippen LogP contribution in [0.3, 0.4) is 0 Å². The van der Waals surface area contributed by atoms with Gasteiger partial charge in [0.25, 0.3) is 5.91 Å². The Bertz CT molecular complexity index is 644. The van der Waals surface area contributed by atoms with E-state index < -0.39 is 11.7 Å². The molecule has 7 heteroatoms. The molecule has 1 aliphatic carbocycles. The minimum Gasteiger partial charge on any atom is -0.339 e. The lowest BCUT2D eigenvalue weighted by Crippen LogP contribution is -2.50. The maximum absolute atomic E-state index is 12.6. The lowest BCUT2D eigenvalue weighted by Gasteiger charge is -2.35. The van der Waals surface area contributed by atoms with Crippen molar-refractivity contribution in [1.82, 2.24) is 9.80 Å². The number of alkyl halides is 3. The van der Waals surface area contributed by atoms with Gasteiger partial charge in [-0.3, -0.25) is 9.59 Å². The third-order valence-corrected chi connectivity index (χ3v) is 5.32. The second kappa shape index (κ2) is 7.68. The quantitative estimate of drug-likeness (QED) is 0.818. The first-order chi connectivity index (χ1) is 12.3. The van der Waals surface area contributed by atoms with E-state index in [4.69, 9.17) is 0 Å². The van der Waals surface area contributed by atoms with Crippen LogP contribution in [0.2, 0.25) is 0 Å². The Labute approximate surface area is 151 Å². The van der Waals surface area contributed by atoms with Crippen molar-refractivity contribution >= 4 is 11.8 Å². The second-order valence-electron chi connectivity index (χ2n) is 7.10. The number of hydrogen-bond donors (Lipinski definition) is 0. The lowest BCUT2D eigenvalue weighted by atomic mass is 10.0. The third-order valence-electron chi connectivity index (χ3n) is 5.32. The van der Waals surface area contributed by atoms with E-state index >= 15 is 0 Å². The van der Waals surface area contributed by atoms with Crippen LogP contribution in [0.25, 0.3) is 0 Å². The number of halogens is 3. The highest BCUT2D eigenvalue weighted by atomic mass is 19.4. The molecule has 1 saturated heterocycles. The number of nitrogens with zero attached hydrogens (tertiary/aromatic N) is 2. The maximum Gasteiger partial charge on any atom is 0.416 e. The van der Waals surface area contributed by atoms with Crippen LogP contribution in [0.4, 0.5) is 13.2 Å². The fourth-order valence-electron chi connectivity index (χ4n) is 3.73. The summed E-state index contributed by atoms with van der Waals surface area (Å²) in [6.45, 7) is 1.79. The van der Waals surface area contributed by atoms with E-state index in [9.17, 15) is 22.8 Å². The molecule has 1 saturated carbocycles. The zero-order valence-corrected chi connectivity index (χ0v) is 14.6. The van der Waals surface area contributed by atoms with Crippen molar-refractivity contribution in [2.24, 2.45) is 5.92 Å². The Morgan fingerprint density at radius 2 is 1.46 bits per heavy atom. The van der Waals surface area contributed by atoms with Crippen molar-refractivity contribution in [1.29, 1.82) is 0 Å². The van der Waals surface area contributed by atoms with E-state index in [1.165, 1.54) is 25.0 Å². The molecule has 4 nitrogen and oxygen atoms in total. The molecule has 2 amide bonds. The first-order valence-electron chi connectivity index (χ1n) is 9.09. The van der Waals surface area contributed by atoms with Gasteiger partial charge >= 0.3 is 6.18 Å². The van der Waals surface area contributed by atoms with E-state index in [2.05, 4.69) is 0 Å². The molecule has 2 fully saturated rings. The first-order valence-corrected chi connectivity index (χ1v) is 9.09.